The third kappa shape index (κ3) is 2.70. The van der Waals surface area contributed by atoms with Gasteiger partial charge in [-0.3, -0.25) is 0 Å². The molecule has 0 spiro atoms. The van der Waals surface area contributed by atoms with Crippen molar-refractivity contribution in [1.29, 1.82) is 0 Å². The number of hydrogen-bond donors (Lipinski definition) is 2. The molecule has 0 saturated carbocycles. The Kier molecular flexibility index (Phi) is 3.09. The first-order chi connectivity index (χ1) is 8.47. The summed E-state index contributed by atoms with van der Waals surface area (Å²) >= 11 is 0. The van der Waals surface area contributed by atoms with Crippen molar-refractivity contribution in [1.82, 2.24) is 10.1 Å². The molecular formula is C10H9F3N4O. The van der Waals surface area contributed by atoms with Crippen molar-refractivity contribution in [3.05, 3.63) is 36.0 Å². The van der Waals surface area contributed by atoms with E-state index >= 15 is 0 Å². The summed E-state index contributed by atoms with van der Waals surface area (Å²) in [5.74, 6) is 0.384. The second kappa shape index (κ2) is 4.55. The molecule has 0 radical (unpaired) electrons. The van der Waals surface area contributed by atoms with Gasteiger partial charge in [0.15, 0.2) is 5.82 Å². The molecule has 0 aliphatic heterocycles. The molecule has 3 N–H and O–H groups in total. The van der Waals surface area contributed by atoms with E-state index in [0.717, 1.165) is 18.5 Å². The molecule has 1 aromatic heterocycles. The van der Waals surface area contributed by atoms with Gasteiger partial charge in [0.25, 0.3) is 0 Å². The second-order valence-corrected chi connectivity index (χ2v) is 3.50. The monoisotopic (exact) mass is 258 g/mol. The van der Waals surface area contributed by atoms with Gasteiger partial charge in [-0.05, 0) is 18.2 Å². The second-order valence-electron chi connectivity index (χ2n) is 3.50. The predicted octanol–water partition coefficient (Wildman–Crippen LogP) is 2.28. The molecule has 1 heterocycles. The van der Waals surface area contributed by atoms with Crippen molar-refractivity contribution in [2.75, 3.05) is 11.1 Å². The van der Waals surface area contributed by atoms with Crippen LogP contribution >= 0.6 is 0 Å². The average molecular weight is 258 g/mol. The van der Waals surface area contributed by atoms with E-state index in [9.17, 15) is 13.2 Å². The summed E-state index contributed by atoms with van der Waals surface area (Å²) in [6.45, 7) is 0.214. The molecule has 0 fully saturated rings. The maximum absolute atomic E-state index is 12.4. The third-order valence-corrected chi connectivity index (χ3v) is 2.22. The summed E-state index contributed by atoms with van der Waals surface area (Å²) in [6.07, 6.45) is -3.24. The Bertz CT molecular complexity index is 524. The number of anilines is 2. The van der Waals surface area contributed by atoms with Gasteiger partial charge in [0.05, 0.1) is 23.5 Å². The van der Waals surface area contributed by atoms with Gasteiger partial charge in [0.1, 0.15) is 0 Å². The lowest BCUT2D eigenvalue weighted by atomic mass is 10.1. The normalized spacial score (nSPS) is 11.5. The maximum atomic E-state index is 12.4. The van der Waals surface area contributed by atoms with Crippen LogP contribution in [0.2, 0.25) is 0 Å². The van der Waals surface area contributed by atoms with Gasteiger partial charge in [-0.15, -0.1) is 0 Å². The standard InChI is InChI=1S/C10H9F3N4O/c11-10(12,13)6-1-2-8(7(14)3-6)15-4-9-16-5-18-17-9/h1-3,5,15H,4,14H2. The first-order valence-electron chi connectivity index (χ1n) is 4.92. The lowest BCUT2D eigenvalue weighted by molar-refractivity contribution is -0.137. The molecule has 0 aliphatic rings. The third-order valence-electron chi connectivity index (χ3n) is 2.22. The van der Waals surface area contributed by atoms with Crippen LogP contribution in [0.15, 0.2) is 29.1 Å². The van der Waals surface area contributed by atoms with E-state index in [-0.39, 0.29) is 12.2 Å². The van der Waals surface area contributed by atoms with Crippen LogP contribution in [0.3, 0.4) is 0 Å². The number of alkyl halides is 3. The number of nitrogen functional groups attached to an aromatic ring is 1. The van der Waals surface area contributed by atoms with Gasteiger partial charge >= 0.3 is 6.18 Å². The Balaban J connectivity index is 2.10. The largest absolute Gasteiger partial charge is 0.416 e. The molecule has 2 aromatic rings. The van der Waals surface area contributed by atoms with Crippen molar-refractivity contribution >= 4 is 11.4 Å². The molecule has 1 aromatic carbocycles. The van der Waals surface area contributed by atoms with Crippen LogP contribution < -0.4 is 11.1 Å². The fourth-order valence-corrected chi connectivity index (χ4v) is 1.34. The van der Waals surface area contributed by atoms with E-state index in [1.165, 1.54) is 6.07 Å². The number of benzene rings is 1. The highest BCUT2D eigenvalue weighted by Crippen LogP contribution is 2.32. The average Bonchev–Trinajstić information content (AvgIpc) is 2.79. The maximum Gasteiger partial charge on any atom is 0.416 e. The van der Waals surface area contributed by atoms with Crippen LogP contribution in [0.25, 0.3) is 0 Å². The van der Waals surface area contributed by atoms with Crippen molar-refractivity contribution in [3.63, 3.8) is 0 Å². The topological polar surface area (TPSA) is 77.0 Å². The Hall–Kier alpha value is -2.25. The highest BCUT2D eigenvalue weighted by atomic mass is 19.4. The molecule has 0 bridgehead atoms. The minimum absolute atomic E-state index is 0.00770. The fraction of sp³-hybridized carbons (Fsp3) is 0.200. The summed E-state index contributed by atoms with van der Waals surface area (Å²) in [7, 11) is 0. The summed E-state index contributed by atoms with van der Waals surface area (Å²) in [6, 6.07) is 3.09. The van der Waals surface area contributed by atoms with E-state index in [4.69, 9.17) is 5.73 Å². The molecule has 0 aliphatic carbocycles. The van der Waals surface area contributed by atoms with Crippen molar-refractivity contribution in [2.45, 2.75) is 12.7 Å². The zero-order chi connectivity index (χ0) is 13.2. The SMILES string of the molecule is Nc1cc(C(F)(F)F)ccc1NCc1ncon1. The van der Waals surface area contributed by atoms with Gasteiger partial charge in [0, 0.05) is 0 Å². The fourth-order valence-electron chi connectivity index (χ4n) is 1.34. The zero-order valence-electron chi connectivity index (χ0n) is 9.03. The number of nitrogens with two attached hydrogens (primary N) is 1. The van der Waals surface area contributed by atoms with Crippen molar-refractivity contribution < 1.29 is 17.7 Å². The number of rotatable bonds is 3. The molecule has 8 heteroatoms. The van der Waals surface area contributed by atoms with Gasteiger partial charge in [-0.25, -0.2) is 0 Å². The van der Waals surface area contributed by atoms with Crippen LogP contribution in [0, 0.1) is 0 Å². The number of nitrogens with zero attached hydrogens (tertiary/aromatic N) is 2. The molecule has 0 amide bonds. The summed E-state index contributed by atoms with van der Waals surface area (Å²) in [5.41, 5.74) is 5.13. The lowest BCUT2D eigenvalue weighted by Crippen LogP contribution is -2.08. The smallest absolute Gasteiger partial charge is 0.397 e. The van der Waals surface area contributed by atoms with Gasteiger partial charge in [-0.1, -0.05) is 5.16 Å². The number of halogens is 3. The summed E-state index contributed by atoms with van der Waals surface area (Å²) < 4.78 is 41.7. The predicted molar refractivity (Wildman–Crippen MR) is 57.5 cm³/mol. The van der Waals surface area contributed by atoms with E-state index in [0.29, 0.717) is 11.5 Å². The highest BCUT2D eigenvalue weighted by molar-refractivity contribution is 5.67. The minimum atomic E-state index is -4.40. The quantitative estimate of drug-likeness (QED) is 0.826. The Labute approximate surface area is 99.8 Å². The Morgan fingerprint density at radius 2 is 2.11 bits per heavy atom. The molecular weight excluding hydrogens is 249 g/mol. The lowest BCUT2D eigenvalue weighted by Gasteiger charge is -2.11. The first kappa shape index (κ1) is 12.2. The molecule has 0 unspecified atom stereocenters. The van der Waals surface area contributed by atoms with Crippen LogP contribution in [-0.2, 0) is 12.7 Å². The minimum Gasteiger partial charge on any atom is -0.397 e. The highest BCUT2D eigenvalue weighted by Gasteiger charge is 2.30. The van der Waals surface area contributed by atoms with E-state index in [1.807, 2.05) is 0 Å². The first-order valence-corrected chi connectivity index (χ1v) is 4.92. The molecule has 2 rings (SSSR count). The van der Waals surface area contributed by atoms with E-state index < -0.39 is 11.7 Å². The van der Waals surface area contributed by atoms with Crippen molar-refractivity contribution in [2.24, 2.45) is 0 Å². The number of hydrogen-bond acceptors (Lipinski definition) is 5. The molecule has 5 nitrogen and oxygen atoms in total. The van der Waals surface area contributed by atoms with Crippen LogP contribution in [-0.4, -0.2) is 10.1 Å². The van der Waals surface area contributed by atoms with Crippen LogP contribution in [0.5, 0.6) is 0 Å². The van der Waals surface area contributed by atoms with E-state index in [2.05, 4.69) is 20.0 Å². The van der Waals surface area contributed by atoms with Crippen LogP contribution in [0.1, 0.15) is 11.4 Å². The molecule has 18 heavy (non-hydrogen) atoms. The van der Waals surface area contributed by atoms with E-state index in [1.54, 1.807) is 0 Å². The molecule has 96 valence electrons. The van der Waals surface area contributed by atoms with Gasteiger partial charge < -0.3 is 15.6 Å². The summed E-state index contributed by atoms with van der Waals surface area (Å²) in [5, 5.41) is 6.37. The number of aromatic nitrogens is 2. The zero-order valence-corrected chi connectivity index (χ0v) is 9.03. The molecule has 0 saturated heterocycles. The number of nitrogens with one attached hydrogen (secondary N) is 1. The molecule has 0 atom stereocenters. The van der Waals surface area contributed by atoms with Gasteiger partial charge in [-0.2, -0.15) is 18.2 Å². The van der Waals surface area contributed by atoms with Crippen molar-refractivity contribution in [3.8, 4) is 0 Å². The Morgan fingerprint density at radius 1 is 1.33 bits per heavy atom. The summed E-state index contributed by atoms with van der Waals surface area (Å²) in [4.78, 5) is 3.76. The van der Waals surface area contributed by atoms with Gasteiger partial charge in [0.2, 0.25) is 6.39 Å². The van der Waals surface area contributed by atoms with Crippen LogP contribution in [0.4, 0.5) is 24.5 Å². The Morgan fingerprint density at radius 3 is 2.67 bits per heavy atom.